The van der Waals surface area contributed by atoms with Gasteiger partial charge in [0.2, 0.25) is 0 Å². The molecule has 0 saturated carbocycles. The van der Waals surface area contributed by atoms with E-state index in [0.717, 1.165) is 29.0 Å². The number of nitrogens with one attached hydrogen (secondary N) is 1. The minimum Gasteiger partial charge on any atom is -0.491 e. The van der Waals surface area contributed by atoms with Crippen molar-refractivity contribution < 1.29 is 9.47 Å². The van der Waals surface area contributed by atoms with E-state index in [-0.39, 0.29) is 24.0 Å². The Labute approximate surface area is 173 Å². The Hall–Kier alpha value is -1.80. The van der Waals surface area contributed by atoms with Crippen molar-refractivity contribution in [3.05, 3.63) is 59.2 Å². The molecule has 2 rings (SSSR count). The summed E-state index contributed by atoms with van der Waals surface area (Å²) in [5, 5.41) is 3.14. The van der Waals surface area contributed by atoms with Crippen LogP contribution in [-0.4, -0.2) is 26.3 Å². The first-order valence-corrected chi connectivity index (χ1v) is 8.49. The molecule has 26 heavy (non-hydrogen) atoms. The number of hydrogen-bond acceptors (Lipinski definition) is 3. The largest absolute Gasteiger partial charge is 0.491 e. The van der Waals surface area contributed by atoms with Crippen molar-refractivity contribution in [1.29, 1.82) is 0 Å². The van der Waals surface area contributed by atoms with Crippen LogP contribution in [0.3, 0.4) is 0 Å². The van der Waals surface area contributed by atoms with Crippen molar-refractivity contribution in [2.45, 2.75) is 26.8 Å². The molecule has 0 bridgehead atoms. The van der Waals surface area contributed by atoms with E-state index in [9.17, 15) is 0 Å². The highest BCUT2D eigenvalue weighted by Crippen LogP contribution is 2.21. The van der Waals surface area contributed by atoms with Crippen LogP contribution in [0.2, 0.25) is 0 Å². The lowest BCUT2D eigenvalue weighted by Gasteiger charge is -2.12. The summed E-state index contributed by atoms with van der Waals surface area (Å²) in [6, 6.07) is 14.2. The van der Waals surface area contributed by atoms with Gasteiger partial charge in [-0.15, -0.1) is 24.0 Å². The fourth-order valence-electron chi connectivity index (χ4n) is 2.39. The van der Waals surface area contributed by atoms with Gasteiger partial charge in [0.05, 0.1) is 13.2 Å². The summed E-state index contributed by atoms with van der Waals surface area (Å²) in [5.74, 6) is 1.21. The average Bonchev–Trinajstić information content (AvgIpc) is 2.61. The smallest absolute Gasteiger partial charge is 0.193 e. The van der Waals surface area contributed by atoms with E-state index >= 15 is 0 Å². The molecule has 5 nitrogen and oxygen atoms in total. The summed E-state index contributed by atoms with van der Waals surface area (Å²) >= 11 is 0. The zero-order valence-corrected chi connectivity index (χ0v) is 17.9. The molecule has 0 aliphatic rings. The zero-order chi connectivity index (χ0) is 18.1. The second kappa shape index (κ2) is 11.7. The lowest BCUT2D eigenvalue weighted by atomic mass is 10.1. The van der Waals surface area contributed by atoms with Crippen LogP contribution < -0.4 is 15.8 Å². The Balaban J connectivity index is 0.00000338. The second-order valence-corrected chi connectivity index (χ2v) is 5.83. The Bertz CT molecular complexity index is 720. The van der Waals surface area contributed by atoms with Crippen molar-refractivity contribution in [1.82, 2.24) is 0 Å². The van der Waals surface area contributed by atoms with Gasteiger partial charge in [0.15, 0.2) is 5.96 Å². The van der Waals surface area contributed by atoms with Gasteiger partial charge in [0.1, 0.15) is 12.4 Å². The molecule has 0 amide bonds. The molecule has 0 aromatic heterocycles. The second-order valence-electron chi connectivity index (χ2n) is 5.83. The molecule has 0 fully saturated rings. The van der Waals surface area contributed by atoms with Crippen LogP contribution >= 0.6 is 24.0 Å². The van der Waals surface area contributed by atoms with Gasteiger partial charge in [-0.05, 0) is 42.7 Å². The number of aryl methyl sites for hydroxylation is 2. The number of aliphatic imine (C=N–C) groups is 1. The molecule has 142 valence electrons. The molecule has 0 spiro atoms. The molecule has 3 N–H and O–H groups in total. The zero-order valence-electron chi connectivity index (χ0n) is 15.6. The highest BCUT2D eigenvalue weighted by molar-refractivity contribution is 14.0. The summed E-state index contributed by atoms with van der Waals surface area (Å²) in [6.45, 7) is 5.67. The molecule has 0 radical (unpaired) electrons. The summed E-state index contributed by atoms with van der Waals surface area (Å²) in [5.41, 5.74) is 10.4. The third-order valence-corrected chi connectivity index (χ3v) is 3.80. The maximum absolute atomic E-state index is 6.02. The molecule has 0 unspecified atom stereocenters. The van der Waals surface area contributed by atoms with Gasteiger partial charge in [-0.25, -0.2) is 4.99 Å². The predicted molar refractivity (Wildman–Crippen MR) is 119 cm³/mol. The highest BCUT2D eigenvalue weighted by Gasteiger charge is 2.05. The van der Waals surface area contributed by atoms with Gasteiger partial charge >= 0.3 is 0 Å². The number of nitrogens with two attached hydrogens (primary N) is 1. The van der Waals surface area contributed by atoms with E-state index in [2.05, 4.69) is 29.4 Å². The predicted octanol–water partition coefficient (Wildman–Crippen LogP) is 4.13. The van der Waals surface area contributed by atoms with Crippen LogP contribution in [0.1, 0.15) is 23.6 Å². The van der Waals surface area contributed by atoms with Crippen LogP contribution in [0.15, 0.2) is 47.5 Å². The van der Waals surface area contributed by atoms with Gasteiger partial charge < -0.3 is 20.5 Å². The van der Waals surface area contributed by atoms with E-state index in [4.69, 9.17) is 15.2 Å². The molecule has 0 heterocycles. The molecular weight excluding hydrogens is 441 g/mol. The van der Waals surface area contributed by atoms with Gasteiger partial charge in [0, 0.05) is 18.4 Å². The quantitative estimate of drug-likeness (QED) is 0.264. The molecule has 0 atom stereocenters. The first kappa shape index (κ1) is 22.2. The summed E-state index contributed by atoms with van der Waals surface area (Å²) in [4.78, 5) is 4.44. The normalized spacial score (nSPS) is 11.0. The van der Waals surface area contributed by atoms with Gasteiger partial charge in [0.25, 0.3) is 0 Å². The van der Waals surface area contributed by atoms with Crippen molar-refractivity contribution >= 4 is 35.6 Å². The highest BCUT2D eigenvalue weighted by atomic mass is 127. The van der Waals surface area contributed by atoms with Gasteiger partial charge in [-0.2, -0.15) is 0 Å². The Morgan fingerprint density at radius 3 is 2.69 bits per heavy atom. The van der Waals surface area contributed by atoms with Crippen LogP contribution in [0, 0.1) is 6.92 Å². The van der Waals surface area contributed by atoms with Crippen LogP contribution in [0.5, 0.6) is 5.75 Å². The number of rotatable bonds is 8. The average molecular weight is 469 g/mol. The minimum atomic E-state index is 0. The monoisotopic (exact) mass is 469 g/mol. The van der Waals surface area contributed by atoms with E-state index in [0.29, 0.717) is 25.7 Å². The topological polar surface area (TPSA) is 68.9 Å². The number of nitrogens with zero attached hydrogens (tertiary/aromatic N) is 1. The Morgan fingerprint density at radius 2 is 1.96 bits per heavy atom. The van der Waals surface area contributed by atoms with Crippen molar-refractivity contribution in [3.8, 4) is 5.75 Å². The number of anilines is 1. The number of methoxy groups -OCH3 is 1. The molecule has 0 aliphatic carbocycles. The van der Waals surface area contributed by atoms with E-state index in [1.54, 1.807) is 7.11 Å². The third-order valence-electron chi connectivity index (χ3n) is 3.80. The molecular formula is C20H28IN3O2. The molecule has 2 aromatic rings. The Kier molecular flexibility index (Phi) is 10.0. The summed E-state index contributed by atoms with van der Waals surface area (Å²) < 4.78 is 10.8. The van der Waals surface area contributed by atoms with E-state index in [1.807, 2.05) is 37.3 Å². The van der Waals surface area contributed by atoms with Crippen molar-refractivity contribution in [2.75, 3.05) is 25.6 Å². The molecule has 0 saturated heterocycles. The van der Waals surface area contributed by atoms with Gasteiger partial charge in [-0.1, -0.05) is 31.2 Å². The summed E-state index contributed by atoms with van der Waals surface area (Å²) in [6.07, 6.45) is 0.984. The minimum absolute atomic E-state index is 0. The number of benzene rings is 2. The molecule has 2 aromatic carbocycles. The summed E-state index contributed by atoms with van der Waals surface area (Å²) in [7, 11) is 1.66. The maximum atomic E-state index is 6.02. The van der Waals surface area contributed by atoms with Crippen molar-refractivity contribution in [2.24, 2.45) is 10.7 Å². The first-order valence-electron chi connectivity index (χ1n) is 8.49. The lowest BCUT2D eigenvalue weighted by Crippen LogP contribution is -2.22. The number of guanidine groups is 1. The van der Waals surface area contributed by atoms with Crippen LogP contribution in [0.25, 0.3) is 0 Å². The number of ether oxygens (including phenoxy) is 2. The van der Waals surface area contributed by atoms with E-state index < -0.39 is 0 Å². The molecule has 0 aliphatic heterocycles. The standard InChI is InChI=1S/C20H27N3O2.HI/c1-4-16-6-5-7-18(13-16)23-20(21)22-14-17-9-8-15(2)12-19(17)25-11-10-24-3;/h5-9,12-13H,4,10-11,14H2,1-3H3,(H3,21,22,23);1H. The lowest BCUT2D eigenvalue weighted by molar-refractivity contribution is 0.146. The first-order chi connectivity index (χ1) is 12.1. The Morgan fingerprint density at radius 1 is 1.15 bits per heavy atom. The number of halogens is 1. The fourth-order valence-corrected chi connectivity index (χ4v) is 2.39. The van der Waals surface area contributed by atoms with Crippen molar-refractivity contribution in [3.63, 3.8) is 0 Å². The maximum Gasteiger partial charge on any atom is 0.193 e. The SMILES string of the molecule is CCc1cccc(NC(N)=NCc2ccc(C)cc2OCCOC)c1.I. The fraction of sp³-hybridized carbons (Fsp3) is 0.350. The molecule has 6 heteroatoms. The number of hydrogen-bond donors (Lipinski definition) is 2. The third kappa shape index (κ3) is 7.21. The van der Waals surface area contributed by atoms with Gasteiger partial charge in [-0.3, -0.25) is 0 Å². The van der Waals surface area contributed by atoms with E-state index in [1.165, 1.54) is 5.56 Å². The van der Waals surface area contributed by atoms with Crippen LogP contribution in [-0.2, 0) is 17.7 Å². The van der Waals surface area contributed by atoms with Crippen LogP contribution in [0.4, 0.5) is 5.69 Å².